The van der Waals surface area contributed by atoms with E-state index in [1.165, 1.54) is 5.56 Å². The molecule has 2 aromatic rings. The second kappa shape index (κ2) is 8.20. The lowest BCUT2D eigenvalue weighted by Gasteiger charge is -2.11. The summed E-state index contributed by atoms with van der Waals surface area (Å²) in [6, 6.07) is 18.5. The Morgan fingerprint density at radius 2 is 1.76 bits per heavy atom. The number of hydrogen-bond acceptors (Lipinski definition) is 5. The van der Waals surface area contributed by atoms with E-state index in [-0.39, 0.29) is 11.3 Å². The van der Waals surface area contributed by atoms with Gasteiger partial charge in [-0.3, -0.25) is 0 Å². The van der Waals surface area contributed by atoms with E-state index >= 15 is 0 Å². The van der Waals surface area contributed by atoms with Crippen LogP contribution in [0.4, 0.5) is 5.69 Å². The summed E-state index contributed by atoms with van der Waals surface area (Å²) in [6.45, 7) is 4.40. The van der Waals surface area contributed by atoms with Gasteiger partial charge in [-0.05, 0) is 43.2 Å². The van der Waals surface area contributed by atoms with Crippen molar-refractivity contribution in [2.75, 3.05) is 5.32 Å². The summed E-state index contributed by atoms with van der Waals surface area (Å²) in [5.41, 5.74) is 3.44. The van der Waals surface area contributed by atoms with Gasteiger partial charge in [-0.25, -0.2) is 0 Å². The Bertz CT molecular complexity index is 923. The quantitative estimate of drug-likeness (QED) is 0.833. The molecule has 0 radical (unpaired) electrons. The Morgan fingerprint density at radius 1 is 1.00 bits per heavy atom. The first-order valence-electron chi connectivity index (χ1n) is 7.58. The monoisotopic (exact) mass is 328 g/mol. The smallest absolute Gasteiger partial charge is 0.163 e. The Morgan fingerprint density at radius 3 is 2.40 bits per heavy atom. The van der Waals surface area contributed by atoms with Crippen LogP contribution in [-0.4, -0.2) is 0 Å². The molecule has 0 heterocycles. The van der Waals surface area contributed by atoms with Crippen molar-refractivity contribution in [3.8, 4) is 24.0 Å². The van der Waals surface area contributed by atoms with Gasteiger partial charge in [0.2, 0.25) is 0 Å². The Labute approximate surface area is 147 Å². The standard InChI is InChI=1S/C20H16N4O/c1-14-6-7-20(15(2)8-14)25-13-16-4-3-5-18(9-16)24-19(12-23)17(10-21)11-22/h3-9,24H,13H2,1-2H3. The summed E-state index contributed by atoms with van der Waals surface area (Å²) in [7, 11) is 0. The molecular formula is C20H16N4O. The van der Waals surface area contributed by atoms with Crippen LogP contribution in [0.25, 0.3) is 0 Å². The first kappa shape index (κ1) is 17.6. The third-order valence-electron chi connectivity index (χ3n) is 3.51. The van der Waals surface area contributed by atoms with Crippen molar-refractivity contribution in [3.05, 3.63) is 70.4 Å². The van der Waals surface area contributed by atoms with Gasteiger partial charge in [0.15, 0.2) is 5.57 Å². The number of ether oxygens (including phenoxy) is 1. The maximum absolute atomic E-state index is 9.10. The molecule has 0 unspecified atom stereocenters. The van der Waals surface area contributed by atoms with Crippen LogP contribution in [0, 0.1) is 47.8 Å². The van der Waals surface area contributed by atoms with E-state index in [2.05, 4.69) is 11.4 Å². The van der Waals surface area contributed by atoms with Crippen LogP contribution in [0.1, 0.15) is 16.7 Å². The van der Waals surface area contributed by atoms with E-state index < -0.39 is 0 Å². The van der Waals surface area contributed by atoms with Gasteiger partial charge in [-0.2, -0.15) is 15.8 Å². The molecule has 0 bridgehead atoms. The molecule has 0 aliphatic rings. The number of nitrogens with zero attached hydrogens (tertiary/aromatic N) is 3. The molecule has 1 N–H and O–H groups in total. The van der Waals surface area contributed by atoms with Crippen LogP contribution in [0.3, 0.4) is 0 Å². The minimum absolute atomic E-state index is 0.0718. The fourth-order valence-corrected chi connectivity index (χ4v) is 2.29. The molecule has 2 rings (SSSR count). The van der Waals surface area contributed by atoms with Gasteiger partial charge in [0.05, 0.1) is 0 Å². The van der Waals surface area contributed by atoms with E-state index in [9.17, 15) is 0 Å². The average Bonchev–Trinajstić information content (AvgIpc) is 2.61. The number of rotatable bonds is 5. The number of anilines is 1. The molecule has 0 aliphatic heterocycles. The number of nitriles is 3. The number of aryl methyl sites for hydroxylation is 2. The summed E-state index contributed by atoms with van der Waals surface area (Å²) in [6.07, 6.45) is 0. The van der Waals surface area contributed by atoms with E-state index in [4.69, 9.17) is 20.5 Å². The van der Waals surface area contributed by atoms with Crippen LogP contribution < -0.4 is 10.1 Å². The number of hydrogen-bond donors (Lipinski definition) is 1. The van der Waals surface area contributed by atoms with E-state index in [0.717, 1.165) is 16.9 Å². The van der Waals surface area contributed by atoms with Crippen LogP contribution in [-0.2, 0) is 6.61 Å². The number of allylic oxidation sites excluding steroid dienone is 2. The molecule has 0 fully saturated rings. The largest absolute Gasteiger partial charge is 0.489 e. The second-order valence-corrected chi connectivity index (χ2v) is 5.47. The van der Waals surface area contributed by atoms with Crippen LogP contribution in [0.2, 0.25) is 0 Å². The lowest BCUT2D eigenvalue weighted by Crippen LogP contribution is -2.02. The molecule has 0 atom stereocenters. The lowest BCUT2D eigenvalue weighted by atomic mass is 10.1. The fourth-order valence-electron chi connectivity index (χ4n) is 2.29. The van der Waals surface area contributed by atoms with Gasteiger partial charge in [0.1, 0.15) is 36.3 Å². The fraction of sp³-hybridized carbons (Fsp3) is 0.150. The van der Waals surface area contributed by atoms with Gasteiger partial charge in [-0.1, -0.05) is 29.8 Å². The van der Waals surface area contributed by atoms with Gasteiger partial charge in [0, 0.05) is 5.69 Å². The minimum atomic E-state index is -0.251. The highest BCUT2D eigenvalue weighted by atomic mass is 16.5. The van der Waals surface area contributed by atoms with Crippen molar-refractivity contribution in [1.82, 2.24) is 0 Å². The molecule has 25 heavy (non-hydrogen) atoms. The molecular weight excluding hydrogens is 312 g/mol. The van der Waals surface area contributed by atoms with Gasteiger partial charge in [-0.15, -0.1) is 0 Å². The Balaban J connectivity index is 2.14. The third kappa shape index (κ3) is 4.61. The van der Waals surface area contributed by atoms with Crippen molar-refractivity contribution in [1.29, 1.82) is 15.8 Å². The average molecular weight is 328 g/mol. The predicted molar refractivity (Wildman–Crippen MR) is 94.2 cm³/mol. The molecule has 0 amide bonds. The van der Waals surface area contributed by atoms with Crippen molar-refractivity contribution in [2.24, 2.45) is 0 Å². The Hall–Kier alpha value is -3.75. The minimum Gasteiger partial charge on any atom is -0.489 e. The van der Waals surface area contributed by atoms with Crippen molar-refractivity contribution < 1.29 is 4.74 Å². The summed E-state index contributed by atoms with van der Waals surface area (Å²) in [4.78, 5) is 0. The summed E-state index contributed by atoms with van der Waals surface area (Å²) in [5, 5.41) is 29.7. The highest BCUT2D eigenvalue weighted by molar-refractivity contribution is 5.58. The zero-order chi connectivity index (χ0) is 18.2. The summed E-state index contributed by atoms with van der Waals surface area (Å²) in [5.74, 6) is 0.817. The zero-order valence-electron chi connectivity index (χ0n) is 14.0. The summed E-state index contributed by atoms with van der Waals surface area (Å²) < 4.78 is 5.84. The molecule has 0 spiro atoms. The van der Waals surface area contributed by atoms with Crippen LogP contribution in [0.5, 0.6) is 5.75 Å². The summed E-state index contributed by atoms with van der Waals surface area (Å²) >= 11 is 0. The maximum atomic E-state index is 9.10. The first-order valence-corrected chi connectivity index (χ1v) is 7.58. The normalized spacial score (nSPS) is 9.24. The number of nitrogens with one attached hydrogen (secondary N) is 1. The second-order valence-electron chi connectivity index (χ2n) is 5.47. The molecule has 0 aliphatic carbocycles. The highest BCUT2D eigenvalue weighted by Crippen LogP contribution is 2.21. The van der Waals surface area contributed by atoms with Gasteiger partial charge in [0.25, 0.3) is 0 Å². The van der Waals surface area contributed by atoms with Crippen LogP contribution in [0.15, 0.2) is 53.7 Å². The van der Waals surface area contributed by atoms with Crippen molar-refractivity contribution in [3.63, 3.8) is 0 Å². The van der Waals surface area contributed by atoms with Crippen LogP contribution >= 0.6 is 0 Å². The maximum Gasteiger partial charge on any atom is 0.163 e. The molecule has 5 nitrogen and oxygen atoms in total. The van der Waals surface area contributed by atoms with Crippen molar-refractivity contribution >= 4 is 5.69 Å². The molecule has 0 aromatic heterocycles. The lowest BCUT2D eigenvalue weighted by molar-refractivity contribution is 0.304. The molecule has 5 heteroatoms. The van der Waals surface area contributed by atoms with Gasteiger partial charge < -0.3 is 10.1 Å². The topological polar surface area (TPSA) is 92.6 Å². The molecule has 2 aromatic carbocycles. The molecule has 122 valence electrons. The SMILES string of the molecule is Cc1ccc(OCc2cccc(NC(C#N)=C(C#N)C#N)c2)c(C)c1. The van der Waals surface area contributed by atoms with E-state index in [1.54, 1.807) is 18.2 Å². The highest BCUT2D eigenvalue weighted by Gasteiger charge is 2.07. The zero-order valence-corrected chi connectivity index (χ0v) is 14.0. The Kier molecular flexibility index (Phi) is 5.77. The van der Waals surface area contributed by atoms with E-state index in [0.29, 0.717) is 12.3 Å². The molecule has 0 saturated heterocycles. The number of benzene rings is 2. The predicted octanol–water partition coefficient (Wildman–Crippen LogP) is 4.12. The van der Waals surface area contributed by atoms with Crippen molar-refractivity contribution in [2.45, 2.75) is 20.5 Å². The third-order valence-corrected chi connectivity index (χ3v) is 3.51. The molecule has 0 saturated carbocycles. The first-order chi connectivity index (χ1) is 12.1. The van der Waals surface area contributed by atoms with Gasteiger partial charge >= 0.3 is 0 Å². The van der Waals surface area contributed by atoms with E-state index in [1.807, 2.05) is 50.2 Å².